The lowest BCUT2D eigenvalue weighted by molar-refractivity contribution is -0.126. The molecule has 0 N–H and O–H groups in total. The van der Waals surface area contributed by atoms with Gasteiger partial charge in [-0.3, -0.25) is 14.4 Å². The molecule has 134 valence electrons. The van der Waals surface area contributed by atoms with Gasteiger partial charge >= 0.3 is 0 Å². The van der Waals surface area contributed by atoms with Crippen LogP contribution in [0.3, 0.4) is 0 Å². The van der Waals surface area contributed by atoms with Crippen molar-refractivity contribution in [1.29, 1.82) is 0 Å². The molecule has 0 saturated heterocycles. The number of methoxy groups -OCH3 is 1. The van der Waals surface area contributed by atoms with E-state index in [0.717, 1.165) is 31.1 Å². The van der Waals surface area contributed by atoms with E-state index in [2.05, 4.69) is 4.74 Å². The average Bonchev–Trinajstić information content (AvgIpc) is 2.94. The normalized spacial score (nSPS) is 24.7. The number of hydrogen-bond acceptors (Lipinski definition) is 4. The molecule has 0 aromatic heterocycles. The van der Waals surface area contributed by atoms with Crippen LogP contribution < -0.4 is 0 Å². The molecule has 2 aliphatic rings. The van der Waals surface area contributed by atoms with Gasteiger partial charge in [-0.05, 0) is 42.4 Å². The molecule has 3 rings (SSSR count). The molecule has 0 amide bonds. The van der Waals surface area contributed by atoms with Crippen LogP contribution in [0, 0.1) is 28.9 Å². The van der Waals surface area contributed by atoms with Crippen LogP contribution in [0.25, 0.3) is 0 Å². The Bertz CT molecular complexity index is 717. The third-order valence-electron chi connectivity index (χ3n) is 5.11. The second kappa shape index (κ2) is 7.25. The molecule has 25 heavy (non-hydrogen) atoms. The average molecular weight is 350 g/mol. The largest absolute Gasteiger partial charge is 0.471 e. The molecular weight excluding hydrogens is 330 g/mol. The third kappa shape index (κ3) is 3.38. The van der Waals surface area contributed by atoms with Gasteiger partial charge in [0.1, 0.15) is 11.6 Å². The van der Waals surface area contributed by atoms with E-state index >= 15 is 0 Å². The summed E-state index contributed by atoms with van der Waals surface area (Å²) < 4.78 is 31.1. The summed E-state index contributed by atoms with van der Waals surface area (Å²) in [5.41, 5.74) is -0.320. The predicted molar refractivity (Wildman–Crippen MR) is 86.8 cm³/mol. The van der Waals surface area contributed by atoms with E-state index in [1.165, 1.54) is 13.2 Å². The molecule has 1 unspecified atom stereocenters. The van der Waals surface area contributed by atoms with E-state index in [9.17, 15) is 18.4 Å². The molecule has 0 heterocycles. The minimum Gasteiger partial charge on any atom is -0.471 e. The first-order valence-electron chi connectivity index (χ1n) is 7.96. The van der Waals surface area contributed by atoms with Gasteiger partial charge in [0.05, 0.1) is 12.7 Å². The van der Waals surface area contributed by atoms with E-state index in [-0.39, 0.29) is 23.0 Å². The number of fused-ring (bicyclic) bond motifs is 2. The Morgan fingerprint density at radius 1 is 1.20 bits per heavy atom. The van der Waals surface area contributed by atoms with Crippen molar-refractivity contribution in [2.24, 2.45) is 17.3 Å². The highest BCUT2D eigenvalue weighted by Crippen LogP contribution is 2.58. The highest BCUT2D eigenvalue weighted by Gasteiger charge is 2.56. The number of hydrogen-bond donors (Lipinski definition) is 0. The van der Waals surface area contributed by atoms with Crippen molar-refractivity contribution in [3.8, 4) is 0 Å². The lowest BCUT2D eigenvalue weighted by Crippen LogP contribution is -2.19. The fourth-order valence-electron chi connectivity index (χ4n) is 3.84. The number of ketones is 2. The molecule has 2 aliphatic carbocycles. The van der Waals surface area contributed by atoms with Gasteiger partial charge in [-0.15, -0.1) is 0 Å². The summed E-state index contributed by atoms with van der Waals surface area (Å²) in [7, 11) is 1.31. The Kier molecular flexibility index (Phi) is 5.50. The lowest BCUT2D eigenvalue weighted by Gasteiger charge is -2.22. The van der Waals surface area contributed by atoms with Crippen molar-refractivity contribution in [2.75, 3.05) is 7.11 Å². The summed E-state index contributed by atoms with van der Waals surface area (Å²) in [6.45, 7) is 4.41. The zero-order valence-corrected chi connectivity index (χ0v) is 14.3. The minimum absolute atomic E-state index is 0.00813. The Morgan fingerprint density at radius 3 is 2.16 bits per heavy atom. The predicted octanol–water partition coefficient (Wildman–Crippen LogP) is 3.50. The van der Waals surface area contributed by atoms with Gasteiger partial charge in [-0.2, -0.15) is 0 Å². The van der Waals surface area contributed by atoms with Crippen LogP contribution >= 0.6 is 0 Å². The highest BCUT2D eigenvalue weighted by atomic mass is 19.1. The molecule has 2 fully saturated rings. The summed E-state index contributed by atoms with van der Waals surface area (Å²) in [6.07, 6.45) is 2.83. The molecule has 1 aromatic rings. The monoisotopic (exact) mass is 350 g/mol. The van der Waals surface area contributed by atoms with Crippen LogP contribution in [0.4, 0.5) is 8.78 Å². The van der Waals surface area contributed by atoms with E-state index in [1.54, 1.807) is 0 Å². The summed E-state index contributed by atoms with van der Waals surface area (Å²) in [5.74, 6) is -2.67. The first-order chi connectivity index (χ1) is 11.8. The highest BCUT2D eigenvalue weighted by molar-refractivity contribution is 6.12. The van der Waals surface area contributed by atoms with Crippen LogP contribution in [0.2, 0.25) is 0 Å². The summed E-state index contributed by atoms with van der Waals surface area (Å²) in [5, 5.41) is 0. The number of rotatable bonds is 3. The first kappa shape index (κ1) is 19.0. The van der Waals surface area contributed by atoms with Crippen molar-refractivity contribution in [3.05, 3.63) is 47.0 Å². The number of halogens is 2. The Labute approximate surface area is 144 Å². The van der Waals surface area contributed by atoms with Crippen molar-refractivity contribution < 1.29 is 27.9 Å². The van der Waals surface area contributed by atoms with Gasteiger partial charge < -0.3 is 4.74 Å². The number of allylic oxidation sites excluding steroid dienone is 2. The van der Waals surface area contributed by atoms with Gasteiger partial charge in [0.2, 0.25) is 0 Å². The van der Waals surface area contributed by atoms with Crippen LogP contribution in [0.15, 0.2) is 29.8 Å². The molecule has 6 heteroatoms. The maximum absolute atomic E-state index is 13.6. The summed E-state index contributed by atoms with van der Waals surface area (Å²) >= 11 is 0. The van der Waals surface area contributed by atoms with Gasteiger partial charge in [-0.1, -0.05) is 19.9 Å². The third-order valence-corrected chi connectivity index (χ3v) is 5.11. The second-order valence-electron chi connectivity index (χ2n) is 6.76. The van der Waals surface area contributed by atoms with Crippen molar-refractivity contribution in [1.82, 2.24) is 0 Å². The zero-order chi connectivity index (χ0) is 18.8. The lowest BCUT2D eigenvalue weighted by atomic mass is 9.81. The molecule has 0 radical (unpaired) electrons. The van der Waals surface area contributed by atoms with Crippen LogP contribution in [0.1, 0.15) is 37.0 Å². The number of carbonyl (C=O) groups is 3. The van der Waals surface area contributed by atoms with E-state index < -0.39 is 23.0 Å². The van der Waals surface area contributed by atoms with Gasteiger partial charge in [0, 0.05) is 11.5 Å². The standard InChI is InChI=1S/C17H16F2O2.C2H4O2/c1-17(2)10-6-7-11(17)16(21)9(10)8-14(20)15-12(18)4-3-5-13(15)19;1-4-2-3/h3-5,8,10-11H,6-7H2,1-2H3;2H,1H3/t10?,11-;/m0./s1. The van der Waals surface area contributed by atoms with Gasteiger partial charge in [-0.25, -0.2) is 8.78 Å². The van der Waals surface area contributed by atoms with Gasteiger partial charge in [0.15, 0.2) is 11.6 Å². The molecule has 4 nitrogen and oxygen atoms in total. The zero-order valence-electron chi connectivity index (χ0n) is 14.3. The van der Waals surface area contributed by atoms with Gasteiger partial charge in [0.25, 0.3) is 6.47 Å². The second-order valence-corrected chi connectivity index (χ2v) is 6.76. The number of ether oxygens (including phenoxy) is 1. The van der Waals surface area contributed by atoms with Crippen LogP contribution in [-0.2, 0) is 14.3 Å². The number of Topliss-reactive ketones (excluding diaryl/α,β-unsaturated/α-hetero) is 1. The molecule has 0 spiro atoms. The van der Waals surface area contributed by atoms with Crippen molar-refractivity contribution >= 4 is 18.0 Å². The molecule has 1 aromatic carbocycles. The molecule has 2 saturated carbocycles. The maximum Gasteiger partial charge on any atom is 0.292 e. The smallest absolute Gasteiger partial charge is 0.292 e. The molecular formula is C19H20F2O4. The van der Waals surface area contributed by atoms with E-state index in [4.69, 9.17) is 4.79 Å². The molecule has 2 atom stereocenters. The fraction of sp³-hybridized carbons (Fsp3) is 0.421. The topological polar surface area (TPSA) is 60.4 Å². The Balaban J connectivity index is 0.000000511. The fourth-order valence-corrected chi connectivity index (χ4v) is 3.84. The summed E-state index contributed by atoms with van der Waals surface area (Å²) in [6, 6.07) is 3.29. The van der Waals surface area contributed by atoms with Crippen molar-refractivity contribution in [2.45, 2.75) is 26.7 Å². The molecule has 2 bridgehead atoms. The number of benzene rings is 1. The quantitative estimate of drug-likeness (QED) is 0.476. The Morgan fingerprint density at radius 2 is 1.72 bits per heavy atom. The first-order valence-corrected chi connectivity index (χ1v) is 7.96. The number of carbonyl (C=O) groups excluding carboxylic acids is 3. The van der Waals surface area contributed by atoms with Crippen molar-refractivity contribution in [3.63, 3.8) is 0 Å². The Hall–Kier alpha value is -2.37. The minimum atomic E-state index is -0.897. The SMILES string of the molecule is CC1(C)C2CC[C@H]1C(=O)C2=CC(=O)c1c(F)cccc1F.COC=O. The maximum atomic E-state index is 13.6. The van der Waals surface area contributed by atoms with Crippen LogP contribution in [-0.4, -0.2) is 25.1 Å². The van der Waals surface area contributed by atoms with Crippen LogP contribution in [0.5, 0.6) is 0 Å². The summed E-state index contributed by atoms with van der Waals surface area (Å²) in [4.78, 5) is 33.4. The molecule has 0 aliphatic heterocycles. The van der Waals surface area contributed by atoms with E-state index in [0.29, 0.717) is 12.0 Å². The van der Waals surface area contributed by atoms with E-state index in [1.807, 2.05) is 13.8 Å².